The zero-order valence-electron chi connectivity index (χ0n) is 9.43. The lowest BCUT2D eigenvalue weighted by atomic mass is 10.4. The predicted molar refractivity (Wildman–Crippen MR) is 64.8 cm³/mol. The number of thioether (sulfide) groups is 1. The third-order valence-corrected chi connectivity index (χ3v) is 2.70. The number of hydrogen-bond acceptors (Lipinski definition) is 5. The molecule has 0 aliphatic rings. The van der Waals surface area contributed by atoms with Gasteiger partial charge in [-0.05, 0) is 26.2 Å². The van der Waals surface area contributed by atoms with E-state index in [2.05, 4.69) is 15.1 Å². The van der Waals surface area contributed by atoms with Crippen LogP contribution in [-0.4, -0.2) is 26.0 Å². The van der Waals surface area contributed by atoms with E-state index in [0.717, 1.165) is 16.4 Å². The molecule has 0 unspecified atom stereocenters. The first-order valence-electron chi connectivity index (χ1n) is 4.82. The number of nitrogen functional groups attached to an aromatic ring is 1. The molecule has 0 atom stereocenters. The highest BCUT2D eigenvalue weighted by Gasteiger charge is 2.09. The lowest BCUT2D eigenvalue weighted by Crippen LogP contribution is -2.08. The summed E-state index contributed by atoms with van der Waals surface area (Å²) in [6.45, 7) is 3.85. The van der Waals surface area contributed by atoms with E-state index in [0.29, 0.717) is 11.8 Å². The molecule has 2 heterocycles. The van der Waals surface area contributed by atoms with E-state index in [4.69, 9.17) is 5.73 Å². The summed E-state index contributed by atoms with van der Waals surface area (Å²) in [7, 11) is 0. The molecule has 0 fully saturated rings. The number of aryl methyl sites for hydroxylation is 2. The monoisotopic (exact) mass is 235 g/mol. The van der Waals surface area contributed by atoms with Crippen LogP contribution in [0.1, 0.15) is 11.4 Å². The molecule has 2 aromatic heterocycles. The fourth-order valence-corrected chi connectivity index (χ4v) is 1.84. The molecule has 0 saturated carbocycles. The molecule has 2 aromatic rings. The average molecular weight is 235 g/mol. The molecule has 0 bridgehead atoms. The Balaban J connectivity index is 2.53. The number of aromatic nitrogens is 4. The highest BCUT2D eigenvalue weighted by atomic mass is 32.2. The standard InChI is InChI=1S/C10H13N5S/c1-6-4-7(2)13-10(12-6)15-8(11)5-9(14-15)16-3/h4-5H,11H2,1-3H3. The number of nitrogens with two attached hydrogens (primary N) is 1. The van der Waals surface area contributed by atoms with E-state index in [1.165, 1.54) is 11.8 Å². The normalized spacial score (nSPS) is 10.7. The highest BCUT2D eigenvalue weighted by Crippen LogP contribution is 2.18. The third-order valence-electron chi connectivity index (χ3n) is 2.08. The summed E-state index contributed by atoms with van der Waals surface area (Å²) in [5, 5.41) is 5.17. The van der Waals surface area contributed by atoms with Crippen molar-refractivity contribution in [3.63, 3.8) is 0 Å². The number of hydrogen-bond donors (Lipinski definition) is 1. The van der Waals surface area contributed by atoms with Crippen molar-refractivity contribution in [2.75, 3.05) is 12.0 Å². The Bertz CT molecular complexity index is 500. The van der Waals surface area contributed by atoms with Gasteiger partial charge in [-0.15, -0.1) is 11.8 Å². The van der Waals surface area contributed by atoms with Crippen molar-refractivity contribution in [1.29, 1.82) is 0 Å². The van der Waals surface area contributed by atoms with Gasteiger partial charge in [0.05, 0.1) is 0 Å². The predicted octanol–water partition coefficient (Wildman–Crippen LogP) is 1.58. The Morgan fingerprint density at radius 1 is 1.19 bits per heavy atom. The van der Waals surface area contributed by atoms with Gasteiger partial charge in [0, 0.05) is 17.5 Å². The van der Waals surface area contributed by atoms with E-state index in [9.17, 15) is 0 Å². The van der Waals surface area contributed by atoms with Crippen molar-refractivity contribution in [2.24, 2.45) is 0 Å². The van der Waals surface area contributed by atoms with Crippen molar-refractivity contribution < 1.29 is 0 Å². The maximum atomic E-state index is 5.86. The van der Waals surface area contributed by atoms with Gasteiger partial charge >= 0.3 is 0 Å². The summed E-state index contributed by atoms with van der Waals surface area (Å²) in [6, 6.07) is 3.73. The van der Waals surface area contributed by atoms with E-state index < -0.39 is 0 Å². The van der Waals surface area contributed by atoms with Crippen LogP contribution in [0.15, 0.2) is 17.2 Å². The Hall–Kier alpha value is -1.56. The minimum Gasteiger partial charge on any atom is -0.383 e. The number of rotatable bonds is 2. The van der Waals surface area contributed by atoms with E-state index in [1.807, 2.05) is 32.2 Å². The topological polar surface area (TPSA) is 69.6 Å². The lowest BCUT2D eigenvalue weighted by molar-refractivity contribution is 0.776. The summed E-state index contributed by atoms with van der Waals surface area (Å²) >= 11 is 1.54. The molecule has 0 aromatic carbocycles. The Labute approximate surface area is 98.1 Å². The molecular weight excluding hydrogens is 222 g/mol. The fourth-order valence-electron chi connectivity index (χ4n) is 1.43. The first-order chi connectivity index (χ1) is 7.60. The first-order valence-corrected chi connectivity index (χ1v) is 6.05. The van der Waals surface area contributed by atoms with Crippen LogP contribution in [0.3, 0.4) is 0 Å². The van der Waals surface area contributed by atoms with Crippen LogP contribution in [0.25, 0.3) is 5.95 Å². The van der Waals surface area contributed by atoms with Crippen molar-refractivity contribution >= 4 is 17.6 Å². The lowest BCUT2D eigenvalue weighted by Gasteiger charge is -2.03. The Morgan fingerprint density at radius 3 is 2.31 bits per heavy atom. The van der Waals surface area contributed by atoms with Gasteiger partial charge in [0.1, 0.15) is 10.8 Å². The minimum absolute atomic E-state index is 0.523. The molecule has 0 amide bonds. The fraction of sp³-hybridized carbons (Fsp3) is 0.300. The summed E-state index contributed by atoms with van der Waals surface area (Å²) in [6.07, 6.45) is 1.95. The molecular formula is C10H13N5S. The Morgan fingerprint density at radius 2 is 1.81 bits per heavy atom. The molecule has 84 valence electrons. The van der Waals surface area contributed by atoms with Crippen LogP contribution in [0.2, 0.25) is 0 Å². The number of anilines is 1. The van der Waals surface area contributed by atoms with E-state index in [-0.39, 0.29) is 0 Å². The van der Waals surface area contributed by atoms with Crippen molar-refractivity contribution in [2.45, 2.75) is 18.9 Å². The molecule has 6 heteroatoms. The second-order valence-corrected chi connectivity index (χ2v) is 4.30. The molecule has 0 spiro atoms. The van der Waals surface area contributed by atoms with Crippen LogP contribution in [0.4, 0.5) is 5.82 Å². The summed E-state index contributed by atoms with van der Waals surface area (Å²) in [4.78, 5) is 8.63. The maximum Gasteiger partial charge on any atom is 0.252 e. The van der Waals surface area contributed by atoms with Crippen molar-refractivity contribution in [1.82, 2.24) is 19.7 Å². The van der Waals surface area contributed by atoms with Gasteiger partial charge in [0.15, 0.2) is 0 Å². The molecule has 16 heavy (non-hydrogen) atoms. The van der Waals surface area contributed by atoms with Crippen LogP contribution in [0, 0.1) is 13.8 Å². The molecule has 0 saturated heterocycles. The van der Waals surface area contributed by atoms with Crippen LogP contribution in [-0.2, 0) is 0 Å². The zero-order chi connectivity index (χ0) is 11.7. The molecule has 0 aliphatic carbocycles. The van der Waals surface area contributed by atoms with Gasteiger partial charge in [0.2, 0.25) is 0 Å². The van der Waals surface area contributed by atoms with Gasteiger partial charge in [-0.25, -0.2) is 9.97 Å². The molecule has 0 radical (unpaired) electrons. The number of nitrogens with zero attached hydrogens (tertiary/aromatic N) is 4. The van der Waals surface area contributed by atoms with Crippen molar-refractivity contribution in [3.05, 3.63) is 23.5 Å². The summed E-state index contributed by atoms with van der Waals surface area (Å²) in [5.41, 5.74) is 7.67. The van der Waals surface area contributed by atoms with Gasteiger partial charge in [-0.1, -0.05) is 0 Å². The summed E-state index contributed by atoms with van der Waals surface area (Å²) < 4.78 is 1.56. The maximum absolute atomic E-state index is 5.86. The van der Waals surface area contributed by atoms with Crippen molar-refractivity contribution in [3.8, 4) is 5.95 Å². The van der Waals surface area contributed by atoms with Crippen LogP contribution in [0.5, 0.6) is 0 Å². The van der Waals surface area contributed by atoms with Crippen LogP contribution < -0.4 is 5.73 Å². The van der Waals surface area contributed by atoms with E-state index in [1.54, 1.807) is 4.68 Å². The molecule has 2 N–H and O–H groups in total. The highest BCUT2D eigenvalue weighted by molar-refractivity contribution is 7.98. The first kappa shape index (κ1) is 10.9. The van der Waals surface area contributed by atoms with Gasteiger partial charge in [0.25, 0.3) is 5.95 Å². The zero-order valence-corrected chi connectivity index (χ0v) is 10.2. The van der Waals surface area contributed by atoms with Gasteiger partial charge in [-0.2, -0.15) is 9.78 Å². The van der Waals surface area contributed by atoms with Gasteiger partial charge < -0.3 is 5.73 Å². The van der Waals surface area contributed by atoms with E-state index >= 15 is 0 Å². The molecule has 5 nitrogen and oxygen atoms in total. The third kappa shape index (κ3) is 2.01. The van der Waals surface area contributed by atoms with Gasteiger partial charge in [-0.3, -0.25) is 0 Å². The van der Waals surface area contributed by atoms with Crippen LogP contribution >= 0.6 is 11.8 Å². The molecule has 0 aliphatic heterocycles. The SMILES string of the molecule is CSc1cc(N)n(-c2nc(C)cc(C)n2)n1. The minimum atomic E-state index is 0.523. The quantitative estimate of drug-likeness (QED) is 0.800. The average Bonchev–Trinajstić information content (AvgIpc) is 2.58. The summed E-state index contributed by atoms with van der Waals surface area (Å²) in [5.74, 6) is 1.07. The second-order valence-electron chi connectivity index (χ2n) is 3.47. The molecule has 2 rings (SSSR count). The largest absolute Gasteiger partial charge is 0.383 e. The Kier molecular flexibility index (Phi) is 2.82. The smallest absolute Gasteiger partial charge is 0.252 e. The second kappa shape index (κ2) is 4.13.